The Morgan fingerprint density at radius 1 is 1.33 bits per heavy atom. The fraction of sp³-hybridized carbons (Fsp3) is 0.500. The standard InChI is InChI=1S/C16H25BN6O4/c1-27-13-7-5-12(6-8-13)10-19-15(24)11-23-16(20-21-22-23)14(18)4-2-3-9-17(25)26/h5-8,14,25-26H,2-4,9-11,18H2,1H3,(H,19,24). The summed E-state index contributed by atoms with van der Waals surface area (Å²) in [5, 5.41) is 31.8. The predicted octanol–water partition coefficient (Wildman–Crippen LogP) is -0.359. The maximum Gasteiger partial charge on any atom is 0.451 e. The number of rotatable bonds is 11. The van der Waals surface area contributed by atoms with Crippen molar-refractivity contribution in [3.8, 4) is 5.75 Å². The molecule has 0 aliphatic rings. The fourth-order valence-electron chi connectivity index (χ4n) is 2.55. The molecule has 1 aromatic heterocycles. The monoisotopic (exact) mass is 376 g/mol. The Morgan fingerprint density at radius 3 is 2.74 bits per heavy atom. The van der Waals surface area contributed by atoms with Crippen molar-refractivity contribution < 1.29 is 19.6 Å². The second kappa shape index (κ2) is 10.6. The summed E-state index contributed by atoms with van der Waals surface area (Å²) >= 11 is 0. The van der Waals surface area contributed by atoms with Crippen molar-refractivity contribution in [2.75, 3.05) is 7.11 Å². The average Bonchev–Trinajstić information content (AvgIpc) is 3.11. The molecule has 0 spiro atoms. The third kappa shape index (κ3) is 6.97. The molecule has 5 N–H and O–H groups in total. The molecule has 0 radical (unpaired) electrons. The van der Waals surface area contributed by atoms with Gasteiger partial charge in [-0.2, -0.15) is 0 Å². The zero-order chi connectivity index (χ0) is 19.6. The molecule has 0 saturated carbocycles. The number of ether oxygens (including phenoxy) is 1. The van der Waals surface area contributed by atoms with Crippen molar-refractivity contribution >= 4 is 13.0 Å². The molecule has 1 atom stereocenters. The lowest BCUT2D eigenvalue weighted by Crippen LogP contribution is -2.29. The van der Waals surface area contributed by atoms with Gasteiger partial charge >= 0.3 is 7.12 Å². The first-order chi connectivity index (χ1) is 13.0. The number of amides is 1. The first-order valence-electron chi connectivity index (χ1n) is 8.77. The number of carbonyl (C=O) groups is 1. The highest BCUT2D eigenvalue weighted by atomic mass is 16.5. The zero-order valence-electron chi connectivity index (χ0n) is 15.3. The highest BCUT2D eigenvalue weighted by molar-refractivity contribution is 6.40. The minimum atomic E-state index is -1.30. The molecule has 1 unspecified atom stereocenters. The van der Waals surface area contributed by atoms with Crippen LogP contribution >= 0.6 is 0 Å². The largest absolute Gasteiger partial charge is 0.497 e. The van der Waals surface area contributed by atoms with Crippen LogP contribution in [0.1, 0.15) is 36.7 Å². The second-order valence-electron chi connectivity index (χ2n) is 6.19. The van der Waals surface area contributed by atoms with Crippen LogP contribution in [0.5, 0.6) is 5.75 Å². The molecule has 2 aromatic rings. The smallest absolute Gasteiger partial charge is 0.451 e. The molecule has 146 valence electrons. The van der Waals surface area contributed by atoms with E-state index in [1.165, 1.54) is 4.68 Å². The van der Waals surface area contributed by atoms with Gasteiger partial charge in [0.1, 0.15) is 12.3 Å². The molecule has 0 bridgehead atoms. The van der Waals surface area contributed by atoms with Crippen LogP contribution in [0, 0.1) is 0 Å². The van der Waals surface area contributed by atoms with E-state index in [9.17, 15) is 4.79 Å². The van der Waals surface area contributed by atoms with Crippen LogP contribution in [-0.2, 0) is 17.9 Å². The van der Waals surface area contributed by atoms with Crippen molar-refractivity contribution in [3.63, 3.8) is 0 Å². The molecule has 1 amide bonds. The maximum atomic E-state index is 12.2. The lowest BCUT2D eigenvalue weighted by molar-refractivity contribution is -0.122. The molecular weight excluding hydrogens is 351 g/mol. The summed E-state index contributed by atoms with van der Waals surface area (Å²) in [6.07, 6.45) is 2.22. The van der Waals surface area contributed by atoms with Crippen molar-refractivity contribution in [2.45, 2.75) is 44.7 Å². The van der Waals surface area contributed by atoms with Crippen LogP contribution in [0.2, 0.25) is 6.32 Å². The van der Waals surface area contributed by atoms with E-state index in [2.05, 4.69) is 20.8 Å². The van der Waals surface area contributed by atoms with Crippen LogP contribution in [0.25, 0.3) is 0 Å². The summed E-state index contributed by atoms with van der Waals surface area (Å²) in [5.41, 5.74) is 7.04. The number of hydrogen-bond acceptors (Lipinski definition) is 8. The Morgan fingerprint density at radius 2 is 2.07 bits per heavy atom. The zero-order valence-corrected chi connectivity index (χ0v) is 15.3. The molecule has 0 aliphatic carbocycles. The van der Waals surface area contributed by atoms with E-state index in [0.29, 0.717) is 38.0 Å². The number of nitrogens with zero attached hydrogens (tertiary/aromatic N) is 4. The lowest BCUT2D eigenvalue weighted by Gasteiger charge is -2.12. The minimum absolute atomic E-state index is 0.0262. The molecule has 0 aliphatic heterocycles. The Bertz CT molecular complexity index is 709. The van der Waals surface area contributed by atoms with Crippen molar-refractivity contribution in [2.24, 2.45) is 5.73 Å². The summed E-state index contributed by atoms with van der Waals surface area (Å²) in [7, 11) is 0.294. The van der Waals surface area contributed by atoms with Gasteiger partial charge < -0.3 is 25.8 Å². The maximum absolute atomic E-state index is 12.2. The summed E-state index contributed by atoms with van der Waals surface area (Å²) in [6.45, 7) is 0.359. The topological polar surface area (TPSA) is 148 Å². The number of hydrogen-bond donors (Lipinski definition) is 4. The first-order valence-corrected chi connectivity index (χ1v) is 8.77. The van der Waals surface area contributed by atoms with Crippen LogP contribution in [0.3, 0.4) is 0 Å². The van der Waals surface area contributed by atoms with E-state index >= 15 is 0 Å². The van der Waals surface area contributed by atoms with Gasteiger partial charge in [-0.15, -0.1) is 5.10 Å². The van der Waals surface area contributed by atoms with Gasteiger partial charge in [-0.1, -0.05) is 25.0 Å². The van der Waals surface area contributed by atoms with Gasteiger partial charge in [-0.3, -0.25) is 4.79 Å². The Labute approximate surface area is 157 Å². The SMILES string of the molecule is COc1ccc(CNC(=O)Cn2nnnc2C(N)CCCCB(O)O)cc1. The summed E-state index contributed by atoms with van der Waals surface area (Å²) in [6, 6.07) is 6.98. The summed E-state index contributed by atoms with van der Waals surface area (Å²) in [4.78, 5) is 12.2. The van der Waals surface area contributed by atoms with Crippen LogP contribution in [0.4, 0.5) is 0 Å². The highest BCUT2D eigenvalue weighted by Crippen LogP contribution is 2.15. The number of aromatic nitrogens is 4. The molecular formula is C16H25BN6O4. The number of tetrazole rings is 1. The number of unbranched alkanes of at least 4 members (excludes halogenated alkanes) is 1. The van der Waals surface area contributed by atoms with E-state index in [0.717, 1.165) is 11.3 Å². The molecule has 11 heteroatoms. The third-order valence-electron chi connectivity index (χ3n) is 4.06. The molecule has 0 fully saturated rings. The Hall–Kier alpha value is -2.50. The molecule has 1 heterocycles. The molecule has 0 saturated heterocycles. The quantitative estimate of drug-likeness (QED) is 0.307. The fourth-order valence-corrected chi connectivity index (χ4v) is 2.55. The third-order valence-corrected chi connectivity index (χ3v) is 4.06. The van der Waals surface area contributed by atoms with E-state index < -0.39 is 13.2 Å². The van der Waals surface area contributed by atoms with Crippen LogP contribution < -0.4 is 15.8 Å². The van der Waals surface area contributed by atoms with Crippen molar-refractivity contribution in [1.29, 1.82) is 0 Å². The molecule has 1 aromatic carbocycles. The number of methoxy groups -OCH3 is 1. The van der Waals surface area contributed by atoms with Crippen LogP contribution in [-0.4, -0.2) is 50.4 Å². The van der Waals surface area contributed by atoms with Gasteiger partial charge in [0.2, 0.25) is 5.91 Å². The van der Waals surface area contributed by atoms with Gasteiger partial charge in [-0.25, -0.2) is 4.68 Å². The number of carbonyl (C=O) groups excluding carboxylic acids is 1. The highest BCUT2D eigenvalue weighted by Gasteiger charge is 2.17. The Kier molecular flexibility index (Phi) is 8.17. The molecule has 10 nitrogen and oxygen atoms in total. The summed E-state index contributed by atoms with van der Waals surface area (Å²) < 4.78 is 6.48. The van der Waals surface area contributed by atoms with E-state index in [1.54, 1.807) is 7.11 Å². The van der Waals surface area contributed by atoms with E-state index in [1.807, 2.05) is 24.3 Å². The first kappa shape index (κ1) is 20.8. The lowest BCUT2D eigenvalue weighted by atomic mass is 9.83. The average molecular weight is 376 g/mol. The van der Waals surface area contributed by atoms with Gasteiger partial charge in [0.15, 0.2) is 5.82 Å². The predicted molar refractivity (Wildman–Crippen MR) is 98.4 cm³/mol. The second-order valence-corrected chi connectivity index (χ2v) is 6.19. The van der Waals surface area contributed by atoms with Crippen LogP contribution in [0.15, 0.2) is 24.3 Å². The Balaban J connectivity index is 1.80. The van der Waals surface area contributed by atoms with E-state index in [4.69, 9.17) is 20.5 Å². The molecule has 27 heavy (non-hydrogen) atoms. The number of nitrogens with two attached hydrogens (primary N) is 1. The number of benzene rings is 1. The van der Waals surface area contributed by atoms with Gasteiger partial charge in [0.25, 0.3) is 0 Å². The normalized spacial score (nSPS) is 11.9. The van der Waals surface area contributed by atoms with Crippen molar-refractivity contribution in [3.05, 3.63) is 35.7 Å². The molecule has 2 rings (SSSR count). The van der Waals surface area contributed by atoms with Gasteiger partial charge in [0, 0.05) is 6.54 Å². The summed E-state index contributed by atoms with van der Waals surface area (Å²) in [5.74, 6) is 0.958. The minimum Gasteiger partial charge on any atom is -0.497 e. The van der Waals surface area contributed by atoms with Gasteiger partial charge in [-0.05, 0) is 40.9 Å². The van der Waals surface area contributed by atoms with Gasteiger partial charge in [0.05, 0.1) is 13.2 Å². The van der Waals surface area contributed by atoms with Crippen molar-refractivity contribution in [1.82, 2.24) is 25.5 Å². The number of nitrogens with one attached hydrogen (secondary N) is 1. The van der Waals surface area contributed by atoms with E-state index in [-0.39, 0.29) is 12.5 Å².